The number of rotatable bonds is 5. The number of nitrogens with one attached hydrogen (secondary N) is 2. The van der Waals surface area contributed by atoms with E-state index in [0.717, 1.165) is 41.6 Å². The molecule has 3 rings (SSSR count). The van der Waals surface area contributed by atoms with Crippen molar-refractivity contribution in [1.29, 1.82) is 0 Å². The fourth-order valence-electron chi connectivity index (χ4n) is 2.80. The first-order valence-electron chi connectivity index (χ1n) is 7.64. The minimum Gasteiger partial charge on any atom is -0.368 e. The molecule has 0 aliphatic carbocycles. The zero-order chi connectivity index (χ0) is 14.8. The molecule has 2 aromatic rings. The van der Waals surface area contributed by atoms with Crippen molar-refractivity contribution in [3.63, 3.8) is 0 Å². The summed E-state index contributed by atoms with van der Waals surface area (Å²) in [4.78, 5) is 16.9. The molecule has 0 spiro atoms. The summed E-state index contributed by atoms with van der Waals surface area (Å²) < 4.78 is 0. The van der Waals surface area contributed by atoms with E-state index in [1.54, 1.807) is 0 Å². The highest BCUT2D eigenvalue weighted by atomic mass is 15.2. The van der Waals surface area contributed by atoms with E-state index in [1.165, 1.54) is 25.9 Å². The molecule has 3 heterocycles. The summed E-state index contributed by atoms with van der Waals surface area (Å²) in [6.45, 7) is 6.50. The number of nitrogens with zero attached hydrogens (tertiary/aromatic N) is 4. The molecule has 1 aliphatic rings. The minimum atomic E-state index is 0.730. The van der Waals surface area contributed by atoms with Crippen LogP contribution in [0.4, 0.5) is 11.8 Å². The second-order valence-electron chi connectivity index (χ2n) is 5.96. The Hall–Kier alpha value is -1.82. The van der Waals surface area contributed by atoms with Gasteiger partial charge >= 0.3 is 0 Å². The molecule has 6 heteroatoms. The summed E-state index contributed by atoms with van der Waals surface area (Å²) >= 11 is 0. The molecule has 21 heavy (non-hydrogen) atoms. The maximum Gasteiger partial charge on any atom is 0.228 e. The van der Waals surface area contributed by atoms with Crippen molar-refractivity contribution in [3.05, 3.63) is 11.8 Å². The van der Waals surface area contributed by atoms with Gasteiger partial charge in [-0.1, -0.05) is 0 Å². The van der Waals surface area contributed by atoms with Crippen molar-refractivity contribution in [2.45, 2.75) is 19.8 Å². The summed E-state index contributed by atoms with van der Waals surface area (Å²) in [5, 5.41) is 4.55. The third-order valence-electron chi connectivity index (χ3n) is 3.93. The molecule has 0 aromatic carbocycles. The third-order valence-corrected chi connectivity index (χ3v) is 3.93. The molecule has 1 aliphatic heterocycles. The molecule has 0 unspecified atom stereocenters. The Bertz CT molecular complexity index is 612. The standard InChI is InChI=1S/C15H24N6/c1-11-10-12-13(16-6-9-21-7-4-5-8-21)18-15(20(2)3)19-14(12)17-11/h10H,4-9H2,1-3H3,(H2,16,17,18,19). The van der Waals surface area contributed by atoms with Crippen LogP contribution in [0.3, 0.4) is 0 Å². The molecule has 1 fully saturated rings. The maximum atomic E-state index is 4.64. The van der Waals surface area contributed by atoms with Gasteiger partial charge in [-0.25, -0.2) is 0 Å². The molecule has 2 aromatic heterocycles. The van der Waals surface area contributed by atoms with Crippen LogP contribution in [0.25, 0.3) is 11.0 Å². The number of aryl methyl sites for hydroxylation is 1. The van der Waals surface area contributed by atoms with Gasteiger partial charge in [0.15, 0.2) is 0 Å². The quantitative estimate of drug-likeness (QED) is 0.879. The van der Waals surface area contributed by atoms with Gasteiger partial charge in [0.2, 0.25) is 5.95 Å². The average Bonchev–Trinajstić information content (AvgIpc) is 3.06. The van der Waals surface area contributed by atoms with Crippen LogP contribution in [0.1, 0.15) is 18.5 Å². The number of hydrogen-bond donors (Lipinski definition) is 2. The van der Waals surface area contributed by atoms with E-state index in [2.05, 4.69) is 31.2 Å². The van der Waals surface area contributed by atoms with Gasteiger partial charge < -0.3 is 20.1 Å². The molecular weight excluding hydrogens is 264 g/mol. The number of fused-ring (bicyclic) bond motifs is 1. The van der Waals surface area contributed by atoms with Crippen molar-refractivity contribution < 1.29 is 0 Å². The summed E-state index contributed by atoms with van der Waals surface area (Å²) in [6.07, 6.45) is 2.67. The van der Waals surface area contributed by atoms with Crippen molar-refractivity contribution in [3.8, 4) is 0 Å². The number of likely N-dealkylation sites (tertiary alicyclic amines) is 1. The van der Waals surface area contributed by atoms with Crippen molar-refractivity contribution in [1.82, 2.24) is 19.9 Å². The molecule has 0 atom stereocenters. The van der Waals surface area contributed by atoms with Crippen LogP contribution >= 0.6 is 0 Å². The van der Waals surface area contributed by atoms with Crippen molar-refractivity contribution in [2.75, 3.05) is 50.5 Å². The van der Waals surface area contributed by atoms with Gasteiger partial charge in [0, 0.05) is 32.9 Å². The van der Waals surface area contributed by atoms with Crippen LogP contribution in [0.2, 0.25) is 0 Å². The predicted molar refractivity (Wildman–Crippen MR) is 87.1 cm³/mol. The molecule has 0 saturated carbocycles. The molecule has 114 valence electrons. The summed E-state index contributed by atoms with van der Waals surface area (Å²) in [5.74, 6) is 1.65. The highest BCUT2D eigenvalue weighted by Crippen LogP contribution is 2.23. The lowest BCUT2D eigenvalue weighted by Crippen LogP contribution is -2.26. The first kappa shape index (κ1) is 14.1. The van der Waals surface area contributed by atoms with E-state index in [-0.39, 0.29) is 0 Å². The van der Waals surface area contributed by atoms with E-state index < -0.39 is 0 Å². The van der Waals surface area contributed by atoms with E-state index in [0.29, 0.717) is 0 Å². The summed E-state index contributed by atoms with van der Waals surface area (Å²) in [5.41, 5.74) is 2.01. The zero-order valence-corrected chi connectivity index (χ0v) is 13.1. The van der Waals surface area contributed by atoms with Crippen molar-refractivity contribution >= 4 is 22.8 Å². The van der Waals surface area contributed by atoms with E-state index in [1.807, 2.05) is 25.9 Å². The van der Waals surface area contributed by atoms with Gasteiger partial charge in [0.05, 0.1) is 5.39 Å². The van der Waals surface area contributed by atoms with E-state index in [9.17, 15) is 0 Å². The molecule has 2 N–H and O–H groups in total. The highest BCUT2D eigenvalue weighted by molar-refractivity contribution is 5.88. The van der Waals surface area contributed by atoms with Gasteiger partial charge in [0.25, 0.3) is 0 Å². The Balaban J connectivity index is 1.78. The topological polar surface area (TPSA) is 60.1 Å². The molecule has 0 amide bonds. The fraction of sp³-hybridized carbons (Fsp3) is 0.600. The predicted octanol–water partition coefficient (Wildman–Crippen LogP) is 1.84. The van der Waals surface area contributed by atoms with Crippen LogP contribution in [-0.2, 0) is 0 Å². The lowest BCUT2D eigenvalue weighted by atomic mass is 10.3. The molecule has 6 nitrogen and oxygen atoms in total. The first-order valence-corrected chi connectivity index (χ1v) is 7.64. The maximum absolute atomic E-state index is 4.64. The summed E-state index contributed by atoms with van der Waals surface area (Å²) in [7, 11) is 3.93. The first-order chi connectivity index (χ1) is 10.1. The number of H-pyrrole nitrogens is 1. The van der Waals surface area contributed by atoms with E-state index in [4.69, 9.17) is 0 Å². The van der Waals surface area contributed by atoms with Gasteiger partial charge in [-0.3, -0.25) is 0 Å². The van der Waals surface area contributed by atoms with Crippen LogP contribution in [0.15, 0.2) is 6.07 Å². The van der Waals surface area contributed by atoms with Gasteiger partial charge in [0.1, 0.15) is 11.5 Å². The minimum absolute atomic E-state index is 0.730. The summed E-state index contributed by atoms with van der Waals surface area (Å²) in [6, 6.07) is 2.10. The second kappa shape index (κ2) is 5.89. The molecule has 0 bridgehead atoms. The smallest absolute Gasteiger partial charge is 0.228 e. The Kier molecular flexibility index (Phi) is 3.96. The normalized spacial score (nSPS) is 15.8. The Morgan fingerprint density at radius 1 is 1.29 bits per heavy atom. The lowest BCUT2D eigenvalue weighted by molar-refractivity contribution is 0.352. The average molecular weight is 288 g/mol. The van der Waals surface area contributed by atoms with Crippen molar-refractivity contribution in [2.24, 2.45) is 0 Å². The molecular formula is C15H24N6. The van der Waals surface area contributed by atoms with Crippen LogP contribution in [0.5, 0.6) is 0 Å². The zero-order valence-electron chi connectivity index (χ0n) is 13.1. The lowest BCUT2D eigenvalue weighted by Gasteiger charge is -2.16. The number of hydrogen-bond acceptors (Lipinski definition) is 5. The molecule has 0 radical (unpaired) electrons. The van der Waals surface area contributed by atoms with Gasteiger partial charge in [-0.2, -0.15) is 9.97 Å². The fourth-order valence-corrected chi connectivity index (χ4v) is 2.80. The SMILES string of the molecule is Cc1cc2c(NCCN3CCCC3)nc(N(C)C)nc2[nH]1. The van der Waals surface area contributed by atoms with Crippen LogP contribution in [0, 0.1) is 6.92 Å². The number of aromatic nitrogens is 3. The molecule has 1 saturated heterocycles. The third kappa shape index (κ3) is 3.10. The number of aromatic amines is 1. The largest absolute Gasteiger partial charge is 0.368 e. The van der Waals surface area contributed by atoms with Crippen LogP contribution < -0.4 is 10.2 Å². The Morgan fingerprint density at radius 3 is 2.76 bits per heavy atom. The van der Waals surface area contributed by atoms with Gasteiger partial charge in [-0.05, 0) is 38.9 Å². The second-order valence-corrected chi connectivity index (χ2v) is 5.96. The van der Waals surface area contributed by atoms with Crippen LogP contribution in [-0.4, -0.2) is 60.1 Å². The Morgan fingerprint density at radius 2 is 2.05 bits per heavy atom. The monoisotopic (exact) mass is 288 g/mol. The highest BCUT2D eigenvalue weighted by Gasteiger charge is 2.13. The van der Waals surface area contributed by atoms with Gasteiger partial charge in [-0.15, -0.1) is 0 Å². The Labute approximate surface area is 125 Å². The van der Waals surface area contributed by atoms with E-state index >= 15 is 0 Å². The number of anilines is 2.